The fourth-order valence-corrected chi connectivity index (χ4v) is 2.11. The number of aliphatic hydroxyl groups excluding tert-OH is 1. The summed E-state index contributed by atoms with van der Waals surface area (Å²) in [5, 5.41) is 20.0. The number of non-ortho nitro benzene ring substituents is 1. The van der Waals surface area contributed by atoms with Crippen molar-refractivity contribution in [2.24, 2.45) is 0 Å². The number of hydrogen-bond donors (Lipinski definition) is 1. The smallest absolute Gasteiger partial charge is 0.391 e. The highest BCUT2D eigenvalue weighted by Crippen LogP contribution is 2.33. The highest BCUT2D eigenvalue weighted by Gasteiger charge is 2.34. The molecule has 1 aliphatic heterocycles. The molecule has 1 N–H and O–H groups in total. The van der Waals surface area contributed by atoms with E-state index in [2.05, 4.69) is 0 Å². The molecule has 1 fully saturated rings. The first-order chi connectivity index (χ1) is 9.68. The van der Waals surface area contributed by atoms with Crippen LogP contribution in [0.25, 0.3) is 0 Å². The number of carbonyl (C=O) groups excluding carboxylic acids is 1. The molecule has 0 spiro atoms. The molecule has 1 amide bonds. The number of nitro groups is 1. The zero-order valence-electron chi connectivity index (χ0n) is 10.6. The van der Waals surface area contributed by atoms with Crippen LogP contribution in [0.15, 0.2) is 18.2 Å². The van der Waals surface area contributed by atoms with Crippen molar-refractivity contribution in [2.75, 3.05) is 13.1 Å². The van der Waals surface area contributed by atoms with Gasteiger partial charge in [0.15, 0.2) is 0 Å². The van der Waals surface area contributed by atoms with Crippen molar-refractivity contribution in [3.8, 4) is 0 Å². The van der Waals surface area contributed by atoms with Crippen LogP contribution in [0.5, 0.6) is 0 Å². The van der Waals surface area contributed by atoms with E-state index in [1.807, 2.05) is 0 Å². The Morgan fingerprint density at radius 1 is 1.38 bits per heavy atom. The largest absolute Gasteiger partial charge is 0.416 e. The van der Waals surface area contributed by atoms with Crippen LogP contribution >= 0.6 is 0 Å². The summed E-state index contributed by atoms with van der Waals surface area (Å²) in [7, 11) is 0. The molecule has 1 atom stereocenters. The molecule has 1 saturated heterocycles. The molecule has 2 rings (SSSR count). The van der Waals surface area contributed by atoms with Crippen LogP contribution in [0.4, 0.5) is 18.9 Å². The first kappa shape index (κ1) is 15.2. The molecule has 9 heteroatoms. The van der Waals surface area contributed by atoms with Crippen LogP contribution in [0.1, 0.15) is 22.3 Å². The Labute approximate surface area is 116 Å². The summed E-state index contributed by atoms with van der Waals surface area (Å²) in [5.41, 5.74) is -2.46. The summed E-state index contributed by atoms with van der Waals surface area (Å²) in [6.45, 7) is 0.201. The Morgan fingerprint density at radius 3 is 2.52 bits per heavy atom. The number of likely N-dealkylation sites (tertiary alicyclic amines) is 1. The number of aliphatic hydroxyl groups is 1. The van der Waals surface area contributed by atoms with Crippen LogP contribution in [-0.2, 0) is 6.18 Å². The van der Waals surface area contributed by atoms with Gasteiger partial charge in [0, 0.05) is 30.8 Å². The third-order valence-electron chi connectivity index (χ3n) is 3.15. The lowest BCUT2D eigenvalue weighted by Gasteiger charge is -2.16. The summed E-state index contributed by atoms with van der Waals surface area (Å²) < 4.78 is 38.2. The summed E-state index contributed by atoms with van der Waals surface area (Å²) in [6, 6.07) is 1.78. The summed E-state index contributed by atoms with van der Waals surface area (Å²) in [4.78, 5) is 23.0. The molecule has 0 bridgehead atoms. The van der Waals surface area contributed by atoms with Crippen LogP contribution in [0.3, 0.4) is 0 Å². The fourth-order valence-electron chi connectivity index (χ4n) is 2.11. The monoisotopic (exact) mass is 304 g/mol. The lowest BCUT2D eigenvalue weighted by atomic mass is 10.1. The molecule has 0 saturated carbocycles. The Kier molecular flexibility index (Phi) is 3.86. The van der Waals surface area contributed by atoms with Gasteiger partial charge in [-0.15, -0.1) is 0 Å². The van der Waals surface area contributed by atoms with Crippen molar-refractivity contribution in [1.82, 2.24) is 4.90 Å². The molecule has 1 heterocycles. The molecular formula is C12H11F3N2O4. The lowest BCUT2D eigenvalue weighted by molar-refractivity contribution is -0.385. The van der Waals surface area contributed by atoms with Crippen LogP contribution in [-0.4, -0.2) is 40.0 Å². The second kappa shape index (κ2) is 5.32. The number of amides is 1. The highest BCUT2D eigenvalue weighted by atomic mass is 19.4. The van der Waals surface area contributed by atoms with E-state index >= 15 is 0 Å². The van der Waals surface area contributed by atoms with E-state index in [9.17, 15) is 33.2 Å². The molecule has 0 aliphatic carbocycles. The molecule has 1 aliphatic rings. The third kappa shape index (κ3) is 3.30. The third-order valence-corrected chi connectivity index (χ3v) is 3.15. The number of nitrogens with zero attached hydrogens (tertiary/aromatic N) is 2. The van der Waals surface area contributed by atoms with Crippen molar-refractivity contribution in [1.29, 1.82) is 0 Å². The predicted molar refractivity (Wildman–Crippen MR) is 64.6 cm³/mol. The van der Waals surface area contributed by atoms with Gasteiger partial charge in [0.05, 0.1) is 16.6 Å². The first-order valence-corrected chi connectivity index (χ1v) is 6.02. The molecule has 6 nitrogen and oxygen atoms in total. The number of alkyl halides is 3. The van der Waals surface area contributed by atoms with Crippen molar-refractivity contribution in [2.45, 2.75) is 18.7 Å². The second-order valence-electron chi connectivity index (χ2n) is 4.72. The lowest BCUT2D eigenvalue weighted by Crippen LogP contribution is -2.29. The number of benzene rings is 1. The van der Waals surface area contributed by atoms with Crippen molar-refractivity contribution >= 4 is 11.6 Å². The summed E-state index contributed by atoms with van der Waals surface area (Å²) >= 11 is 0. The minimum Gasteiger partial charge on any atom is -0.391 e. The molecule has 0 aromatic heterocycles. The Morgan fingerprint density at radius 2 is 2.05 bits per heavy atom. The van der Waals surface area contributed by atoms with Gasteiger partial charge in [0.25, 0.3) is 11.6 Å². The average molecular weight is 304 g/mol. The van der Waals surface area contributed by atoms with Gasteiger partial charge in [-0.2, -0.15) is 13.2 Å². The topological polar surface area (TPSA) is 83.7 Å². The van der Waals surface area contributed by atoms with E-state index in [-0.39, 0.29) is 13.1 Å². The molecule has 114 valence electrons. The van der Waals surface area contributed by atoms with Gasteiger partial charge in [-0.25, -0.2) is 0 Å². The number of hydrogen-bond acceptors (Lipinski definition) is 4. The Balaban J connectivity index is 2.40. The SMILES string of the molecule is O=C(c1cc([N+](=O)[O-])cc(C(F)(F)F)c1)N1CC[C@@H](O)C1. The maximum atomic E-state index is 12.7. The number of rotatable bonds is 2. The van der Waals surface area contributed by atoms with Crippen molar-refractivity contribution in [3.05, 3.63) is 39.4 Å². The quantitative estimate of drug-likeness (QED) is 0.667. The van der Waals surface area contributed by atoms with E-state index < -0.39 is 39.9 Å². The van der Waals surface area contributed by atoms with E-state index in [1.54, 1.807) is 0 Å². The van der Waals surface area contributed by atoms with Crippen LogP contribution in [0, 0.1) is 10.1 Å². The van der Waals surface area contributed by atoms with Gasteiger partial charge >= 0.3 is 6.18 Å². The van der Waals surface area contributed by atoms with Crippen LogP contribution < -0.4 is 0 Å². The Bertz CT molecular complexity index is 588. The standard InChI is InChI=1S/C12H11F3N2O4/c13-12(14,15)8-3-7(4-9(5-8)17(20)21)11(19)16-2-1-10(18)6-16/h3-5,10,18H,1-2,6H2/t10-/m1/s1. The van der Waals surface area contributed by atoms with Gasteiger partial charge in [-0.1, -0.05) is 0 Å². The van der Waals surface area contributed by atoms with E-state index in [0.29, 0.717) is 18.6 Å². The van der Waals surface area contributed by atoms with E-state index in [0.717, 1.165) is 6.07 Å². The van der Waals surface area contributed by atoms with Crippen LogP contribution in [0.2, 0.25) is 0 Å². The van der Waals surface area contributed by atoms with Gasteiger partial charge in [-0.05, 0) is 12.5 Å². The molecular weight excluding hydrogens is 293 g/mol. The predicted octanol–water partition coefficient (Wildman–Crippen LogP) is 1.82. The zero-order valence-corrected chi connectivity index (χ0v) is 10.6. The zero-order chi connectivity index (χ0) is 15.8. The van der Waals surface area contributed by atoms with Gasteiger partial charge in [0.2, 0.25) is 0 Å². The molecule has 1 aromatic rings. The highest BCUT2D eigenvalue weighted by molar-refractivity contribution is 5.95. The minimum atomic E-state index is -4.79. The maximum Gasteiger partial charge on any atom is 0.416 e. The fraction of sp³-hybridized carbons (Fsp3) is 0.417. The minimum absolute atomic E-state index is 0.00285. The van der Waals surface area contributed by atoms with Crippen molar-refractivity contribution in [3.63, 3.8) is 0 Å². The summed E-state index contributed by atoms with van der Waals surface area (Å²) in [5.74, 6) is -0.763. The summed E-state index contributed by atoms with van der Waals surface area (Å²) in [6.07, 6.45) is -5.19. The van der Waals surface area contributed by atoms with Crippen molar-refractivity contribution < 1.29 is 28.0 Å². The normalized spacial score (nSPS) is 18.9. The molecule has 0 unspecified atom stereocenters. The number of halogens is 3. The number of carbonyl (C=O) groups is 1. The second-order valence-corrected chi connectivity index (χ2v) is 4.72. The molecule has 1 aromatic carbocycles. The van der Waals surface area contributed by atoms with Gasteiger partial charge in [-0.3, -0.25) is 14.9 Å². The molecule has 21 heavy (non-hydrogen) atoms. The average Bonchev–Trinajstić information content (AvgIpc) is 2.83. The van der Waals surface area contributed by atoms with Gasteiger partial charge in [0.1, 0.15) is 0 Å². The van der Waals surface area contributed by atoms with E-state index in [4.69, 9.17) is 0 Å². The number of nitro benzene ring substituents is 1. The first-order valence-electron chi connectivity index (χ1n) is 6.02. The van der Waals surface area contributed by atoms with Gasteiger partial charge < -0.3 is 10.0 Å². The Hall–Kier alpha value is -2.16. The number of β-amino-alcohol motifs (C(OH)–C–C–N with tert-alkyl or cyclic N) is 1. The van der Waals surface area contributed by atoms with E-state index in [1.165, 1.54) is 4.90 Å². The maximum absolute atomic E-state index is 12.7. The molecule has 0 radical (unpaired) electrons.